The molecule has 0 bridgehead atoms. The minimum Gasteiger partial charge on any atom is -0.492 e. The molecule has 1 aromatic rings. The molecule has 1 atom stereocenters. The summed E-state index contributed by atoms with van der Waals surface area (Å²) < 4.78 is 5.58. The molecular weight excluding hydrogens is 174 g/mol. The van der Waals surface area contributed by atoms with Gasteiger partial charge in [-0.25, -0.2) is 0 Å². The van der Waals surface area contributed by atoms with Crippen molar-refractivity contribution < 1.29 is 4.74 Å². The largest absolute Gasteiger partial charge is 0.492 e. The van der Waals surface area contributed by atoms with Crippen LogP contribution in [0.2, 0.25) is 0 Å². The number of benzene rings is 1. The van der Waals surface area contributed by atoms with Crippen LogP contribution in [0.1, 0.15) is 6.92 Å². The molecule has 14 heavy (non-hydrogen) atoms. The number of hydrogen-bond acceptors (Lipinski definition) is 2. The molecule has 1 aromatic carbocycles. The van der Waals surface area contributed by atoms with Crippen molar-refractivity contribution in [1.82, 2.24) is 5.32 Å². The van der Waals surface area contributed by atoms with Crippen molar-refractivity contribution in [2.75, 3.05) is 13.2 Å². The molecule has 0 saturated carbocycles. The zero-order valence-electron chi connectivity index (χ0n) is 8.57. The van der Waals surface area contributed by atoms with Gasteiger partial charge >= 0.3 is 0 Å². The quantitative estimate of drug-likeness (QED) is 0.696. The van der Waals surface area contributed by atoms with E-state index < -0.39 is 0 Å². The Balaban J connectivity index is 2.35. The topological polar surface area (TPSA) is 21.3 Å². The molecule has 2 nitrogen and oxygen atoms in total. The van der Waals surface area contributed by atoms with E-state index in [4.69, 9.17) is 4.74 Å². The Morgan fingerprint density at radius 3 is 2.71 bits per heavy atom. The number of nitrogens with one attached hydrogen (secondary N) is 1. The van der Waals surface area contributed by atoms with Crippen molar-refractivity contribution in [1.29, 1.82) is 0 Å². The predicted molar refractivity (Wildman–Crippen MR) is 59.6 cm³/mol. The lowest BCUT2D eigenvalue weighted by atomic mass is 10.3. The Morgan fingerprint density at radius 1 is 1.43 bits per heavy atom. The molecule has 0 aliphatic carbocycles. The first-order valence-electron chi connectivity index (χ1n) is 4.90. The number of likely N-dealkylation sites (N-methyl/N-ethyl adjacent to an activating group) is 1. The van der Waals surface area contributed by atoms with Crippen molar-refractivity contribution in [3.63, 3.8) is 0 Å². The highest BCUT2D eigenvalue weighted by Crippen LogP contribution is 2.08. The molecule has 0 saturated heterocycles. The van der Waals surface area contributed by atoms with E-state index in [-0.39, 0.29) is 6.04 Å². The molecule has 1 N–H and O–H groups in total. The van der Waals surface area contributed by atoms with Crippen LogP contribution in [0.4, 0.5) is 0 Å². The Bertz CT molecular complexity index is 258. The standard InChI is InChI=1S/C12H17NO/c1-3-11(13-4-2)10-14-12-8-6-5-7-9-12/h3,5-9,11,13H,1,4,10H2,2H3. The van der Waals surface area contributed by atoms with Crippen LogP contribution < -0.4 is 10.1 Å². The summed E-state index contributed by atoms with van der Waals surface area (Å²) in [7, 11) is 0. The summed E-state index contributed by atoms with van der Waals surface area (Å²) in [5.74, 6) is 0.900. The van der Waals surface area contributed by atoms with Crippen molar-refractivity contribution >= 4 is 0 Å². The van der Waals surface area contributed by atoms with Crippen LogP contribution in [0.15, 0.2) is 43.0 Å². The fourth-order valence-corrected chi connectivity index (χ4v) is 1.18. The normalized spacial score (nSPS) is 12.1. The van der Waals surface area contributed by atoms with Crippen LogP contribution in [0.3, 0.4) is 0 Å². The Hall–Kier alpha value is -1.28. The fourth-order valence-electron chi connectivity index (χ4n) is 1.18. The molecule has 0 radical (unpaired) electrons. The third-order valence-corrected chi connectivity index (χ3v) is 1.92. The third-order valence-electron chi connectivity index (χ3n) is 1.92. The van der Waals surface area contributed by atoms with Gasteiger partial charge in [0.25, 0.3) is 0 Å². The summed E-state index contributed by atoms with van der Waals surface area (Å²) in [6.45, 7) is 7.37. The van der Waals surface area contributed by atoms with Gasteiger partial charge in [-0.1, -0.05) is 31.2 Å². The van der Waals surface area contributed by atoms with E-state index in [0.29, 0.717) is 6.61 Å². The minimum absolute atomic E-state index is 0.222. The highest BCUT2D eigenvalue weighted by molar-refractivity contribution is 5.21. The first-order chi connectivity index (χ1) is 6.86. The third kappa shape index (κ3) is 3.62. The van der Waals surface area contributed by atoms with Gasteiger partial charge < -0.3 is 10.1 Å². The lowest BCUT2D eigenvalue weighted by Crippen LogP contribution is -2.32. The number of para-hydroxylation sites is 1. The second kappa shape index (κ2) is 6.22. The number of ether oxygens (including phenoxy) is 1. The lowest BCUT2D eigenvalue weighted by Gasteiger charge is -2.14. The number of hydrogen-bond donors (Lipinski definition) is 1. The smallest absolute Gasteiger partial charge is 0.119 e. The average molecular weight is 191 g/mol. The van der Waals surface area contributed by atoms with Gasteiger partial charge in [-0.15, -0.1) is 6.58 Å². The molecule has 0 aromatic heterocycles. The molecule has 76 valence electrons. The van der Waals surface area contributed by atoms with Gasteiger partial charge in [0.05, 0.1) is 6.04 Å². The Kier molecular flexibility index (Phi) is 4.79. The van der Waals surface area contributed by atoms with Crippen molar-refractivity contribution in [3.8, 4) is 5.75 Å². The number of rotatable bonds is 6. The summed E-state index contributed by atoms with van der Waals surface area (Å²) in [6, 6.07) is 10.0. The van der Waals surface area contributed by atoms with Gasteiger partial charge in [0.15, 0.2) is 0 Å². The van der Waals surface area contributed by atoms with E-state index in [1.165, 1.54) is 0 Å². The maximum Gasteiger partial charge on any atom is 0.119 e. The van der Waals surface area contributed by atoms with Gasteiger partial charge in [-0.3, -0.25) is 0 Å². The monoisotopic (exact) mass is 191 g/mol. The average Bonchev–Trinajstić information content (AvgIpc) is 2.25. The van der Waals surface area contributed by atoms with Gasteiger partial charge in [-0.05, 0) is 18.7 Å². The van der Waals surface area contributed by atoms with Gasteiger partial charge in [-0.2, -0.15) is 0 Å². The maximum absolute atomic E-state index is 5.58. The molecule has 1 unspecified atom stereocenters. The van der Waals surface area contributed by atoms with Gasteiger partial charge in [0, 0.05) is 0 Å². The molecule has 2 heteroatoms. The van der Waals surface area contributed by atoms with E-state index in [2.05, 4.69) is 18.8 Å². The van der Waals surface area contributed by atoms with Crippen molar-refractivity contribution in [2.45, 2.75) is 13.0 Å². The van der Waals surface area contributed by atoms with Crippen LogP contribution in [-0.4, -0.2) is 19.2 Å². The van der Waals surface area contributed by atoms with E-state index in [0.717, 1.165) is 12.3 Å². The van der Waals surface area contributed by atoms with Crippen LogP contribution in [0.25, 0.3) is 0 Å². The Labute approximate surface area is 85.6 Å². The zero-order valence-corrected chi connectivity index (χ0v) is 8.57. The highest BCUT2D eigenvalue weighted by Gasteiger charge is 2.01. The fraction of sp³-hybridized carbons (Fsp3) is 0.333. The van der Waals surface area contributed by atoms with E-state index in [1.807, 2.05) is 36.4 Å². The van der Waals surface area contributed by atoms with E-state index in [1.54, 1.807) is 0 Å². The maximum atomic E-state index is 5.58. The molecular formula is C12H17NO. The first-order valence-corrected chi connectivity index (χ1v) is 4.90. The van der Waals surface area contributed by atoms with Crippen molar-refractivity contribution in [2.24, 2.45) is 0 Å². The summed E-state index contributed by atoms with van der Waals surface area (Å²) in [5, 5.41) is 3.26. The van der Waals surface area contributed by atoms with Crippen molar-refractivity contribution in [3.05, 3.63) is 43.0 Å². The summed E-state index contributed by atoms with van der Waals surface area (Å²) in [4.78, 5) is 0. The van der Waals surface area contributed by atoms with Crippen LogP contribution in [-0.2, 0) is 0 Å². The van der Waals surface area contributed by atoms with Gasteiger partial charge in [0.2, 0.25) is 0 Å². The molecule has 1 rings (SSSR count). The van der Waals surface area contributed by atoms with Crippen LogP contribution in [0.5, 0.6) is 5.75 Å². The highest BCUT2D eigenvalue weighted by atomic mass is 16.5. The second-order valence-corrected chi connectivity index (χ2v) is 3.02. The SMILES string of the molecule is C=CC(COc1ccccc1)NCC. The van der Waals surface area contributed by atoms with E-state index >= 15 is 0 Å². The molecule has 0 heterocycles. The molecule has 0 fully saturated rings. The second-order valence-electron chi connectivity index (χ2n) is 3.02. The summed E-state index contributed by atoms with van der Waals surface area (Å²) in [6.07, 6.45) is 1.87. The van der Waals surface area contributed by atoms with Crippen LogP contribution >= 0.6 is 0 Å². The predicted octanol–water partition coefficient (Wildman–Crippen LogP) is 2.23. The lowest BCUT2D eigenvalue weighted by molar-refractivity contribution is 0.288. The first kappa shape index (κ1) is 10.8. The molecule has 0 spiro atoms. The zero-order chi connectivity index (χ0) is 10.2. The minimum atomic E-state index is 0.222. The Morgan fingerprint density at radius 2 is 2.14 bits per heavy atom. The molecule has 0 amide bonds. The molecule has 0 aliphatic rings. The van der Waals surface area contributed by atoms with Crippen LogP contribution in [0, 0.1) is 0 Å². The summed E-state index contributed by atoms with van der Waals surface area (Å²) in [5.41, 5.74) is 0. The summed E-state index contributed by atoms with van der Waals surface area (Å²) >= 11 is 0. The van der Waals surface area contributed by atoms with Gasteiger partial charge in [0.1, 0.15) is 12.4 Å². The van der Waals surface area contributed by atoms with E-state index in [9.17, 15) is 0 Å². The molecule has 0 aliphatic heterocycles.